The Morgan fingerprint density at radius 1 is 0.870 bits per heavy atom. The number of carboxylic acid groups (broad SMARTS) is 2. The third-order valence-electron chi connectivity index (χ3n) is 8.70. The minimum Gasteiger partial charge on any atom is -0.690 e. The van der Waals surface area contributed by atoms with E-state index in [1.807, 2.05) is 46.8 Å². The first-order valence-corrected chi connectivity index (χ1v) is 15.7. The summed E-state index contributed by atoms with van der Waals surface area (Å²) in [5.74, 6) is -1.88. The molecule has 3 aromatic heterocycles. The standard InChI is InChI=1S/C34H36N5O4S2.Fe/c1-15-21(7-9-30(40)41)25-13-26-22(8-10-31(42)43)18(4)34(35,39-26)14-29-17(3)33(20(6)45)28(38-29)12-24-16(2)32(19(5)44)27(37-24)11-23(15)36-25;/h11-14,20,35,44-45H,7-10H2,1-6H3,(H,40,41)(H,42,43);/q-5;+5/b26-13-,27-11-,28-12-,29-14-,32-19-;/t20-,34-;/m0./s1. The molecule has 5 rings (SSSR count). The summed E-state index contributed by atoms with van der Waals surface area (Å²) >= 11 is 9.46. The number of carbonyl (C=O) groups is 2. The van der Waals surface area contributed by atoms with Gasteiger partial charge >= 0.3 is 29.0 Å². The van der Waals surface area contributed by atoms with E-state index < -0.39 is 17.6 Å². The molecule has 8 bridgehead atoms. The average molecular weight is 699 g/mol. The quantitative estimate of drug-likeness (QED) is 0.217. The van der Waals surface area contributed by atoms with Gasteiger partial charge in [0.2, 0.25) is 0 Å². The van der Waals surface area contributed by atoms with Crippen LogP contribution in [-0.2, 0) is 33.1 Å². The molecule has 3 N–H and O–H groups in total. The predicted molar refractivity (Wildman–Crippen MR) is 183 cm³/mol. The van der Waals surface area contributed by atoms with Crippen molar-refractivity contribution in [2.24, 2.45) is 0 Å². The van der Waals surface area contributed by atoms with Crippen molar-refractivity contribution < 1.29 is 36.9 Å². The van der Waals surface area contributed by atoms with Crippen molar-refractivity contribution in [3.63, 3.8) is 0 Å². The number of hydrogen-bond acceptors (Lipinski definition) is 4. The Bertz CT molecular complexity index is 2060. The number of nitrogens with one attached hydrogen (secondary N) is 1. The van der Waals surface area contributed by atoms with Crippen molar-refractivity contribution in [2.45, 2.75) is 78.1 Å². The fraction of sp³-hybridized carbons (Fsp3) is 0.353. The van der Waals surface area contributed by atoms with Crippen molar-refractivity contribution in [2.75, 3.05) is 0 Å². The summed E-state index contributed by atoms with van der Waals surface area (Å²) in [6.45, 7) is 11.6. The number of fused-ring (bicyclic) bond motifs is 8. The van der Waals surface area contributed by atoms with Gasteiger partial charge in [0.25, 0.3) is 0 Å². The van der Waals surface area contributed by atoms with Crippen molar-refractivity contribution in [3.8, 4) is 0 Å². The van der Waals surface area contributed by atoms with Crippen LogP contribution in [0.5, 0.6) is 0 Å². The van der Waals surface area contributed by atoms with Gasteiger partial charge in [-0.05, 0) is 70.1 Å². The number of aromatic nitrogens is 3. The topological polar surface area (TPSA) is 155 Å². The number of carboxylic acids is 2. The van der Waals surface area contributed by atoms with Crippen LogP contribution >= 0.6 is 25.3 Å². The number of nitrogens with zero attached hydrogens (tertiary/aromatic N) is 4. The van der Waals surface area contributed by atoms with Crippen LogP contribution in [0, 0.1) is 20.8 Å². The molecule has 3 aromatic rings. The predicted octanol–water partition coefficient (Wildman–Crippen LogP) is 3.66. The second-order valence-electron chi connectivity index (χ2n) is 11.8. The first-order chi connectivity index (χ1) is 21.1. The third-order valence-corrected chi connectivity index (χ3v) is 9.18. The molecule has 2 aliphatic heterocycles. The molecule has 1 radical (unpaired) electrons. The van der Waals surface area contributed by atoms with Crippen LogP contribution in [0.15, 0.2) is 16.8 Å². The van der Waals surface area contributed by atoms with Crippen LogP contribution < -0.4 is 36.2 Å². The van der Waals surface area contributed by atoms with Crippen LogP contribution in [0.25, 0.3) is 40.3 Å². The Morgan fingerprint density at radius 3 is 2.09 bits per heavy atom. The van der Waals surface area contributed by atoms with Gasteiger partial charge in [0.1, 0.15) is 0 Å². The van der Waals surface area contributed by atoms with E-state index in [0.717, 1.165) is 43.6 Å². The van der Waals surface area contributed by atoms with Crippen molar-refractivity contribution in [1.29, 1.82) is 0 Å². The van der Waals surface area contributed by atoms with E-state index in [0.29, 0.717) is 44.3 Å². The van der Waals surface area contributed by atoms with E-state index in [9.17, 15) is 25.5 Å². The monoisotopic (exact) mass is 698 g/mol. The van der Waals surface area contributed by atoms with Gasteiger partial charge in [0, 0.05) is 18.1 Å². The fourth-order valence-corrected chi connectivity index (χ4v) is 6.87. The first-order valence-electron chi connectivity index (χ1n) is 14.7. The largest absolute Gasteiger partial charge is 5.00 e. The number of thiol groups is 2. The van der Waals surface area contributed by atoms with Gasteiger partial charge in [0.15, 0.2) is 0 Å². The molecular weight excluding hydrogens is 662 g/mol. The molecule has 12 heteroatoms. The molecule has 46 heavy (non-hydrogen) atoms. The van der Waals surface area contributed by atoms with Crippen molar-refractivity contribution >= 4 is 66.4 Å². The molecule has 0 amide bonds. The minimum atomic E-state index is -1.54. The van der Waals surface area contributed by atoms with Crippen molar-refractivity contribution in [1.82, 2.24) is 15.0 Å². The van der Waals surface area contributed by atoms with Crippen LogP contribution in [-0.4, -0.2) is 27.8 Å². The average Bonchev–Trinajstić information content (AvgIpc) is 3.58. The van der Waals surface area contributed by atoms with Crippen LogP contribution in [0.2, 0.25) is 0 Å². The van der Waals surface area contributed by atoms with E-state index in [4.69, 9.17) is 45.5 Å². The van der Waals surface area contributed by atoms with Gasteiger partial charge < -0.3 is 36.2 Å². The Hall–Kier alpha value is -3.28. The molecule has 241 valence electrons. The SMILES string of the molecule is CC1=C(CCC(=O)O)/C2=C/c3[n-]c(c(C)c3CCC(=O)O)/C=c3\[n-]c(c(C)\c3=C(/C)S)/C=c3\[n-]/c(c(C)c3[C@H](C)S)=C\[C@]1([NH-])[N-]2.[Fe+5]. The van der Waals surface area contributed by atoms with Crippen LogP contribution in [0.4, 0.5) is 0 Å². The Balaban J connectivity index is 0.00000480. The Labute approximate surface area is 289 Å². The fourth-order valence-electron chi connectivity index (χ4n) is 6.27. The summed E-state index contributed by atoms with van der Waals surface area (Å²) in [7, 11) is 0. The van der Waals surface area contributed by atoms with Gasteiger partial charge in [-0.1, -0.05) is 51.6 Å². The summed E-state index contributed by atoms with van der Waals surface area (Å²) < 4.78 is 0. The third kappa shape index (κ3) is 6.59. The summed E-state index contributed by atoms with van der Waals surface area (Å²) in [5.41, 5.74) is 15.9. The number of rotatable bonds is 7. The smallest absolute Gasteiger partial charge is 0.690 e. The molecule has 0 aliphatic carbocycles. The maximum atomic E-state index is 11.6. The molecule has 2 aliphatic rings. The van der Waals surface area contributed by atoms with E-state index in [1.54, 1.807) is 19.1 Å². The zero-order chi connectivity index (χ0) is 33.0. The molecule has 0 saturated heterocycles. The van der Waals surface area contributed by atoms with E-state index >= 15 is 0 Å². The van der Waals surface area contributed by atoms with Gasteiger partial charge in [0.05, 0.1) is 0 Å². The summed E-state index contributed by atoms with van der Waals surface area (Å²) in [4.78, 5) is 38.9. The maximum absolute atomic E-state index is 11.6. The summed E-state index contributed by atoms with van der Waals surface area (Å²) in [6.07, 6.45) is 7.51. The van der Waals surface area contributed by atoms with Crippen molar-refractivity contribution in [3.05, 3.63) is 94.1 Å². The number of allylic oxidation sites excluding steroid dienone is 1. The molecule has 0 aromatic carbocycles. The molecular formula is C34H36FeN5O4S2. The zero-order valence-electron chi connectivity index (χ0n) is 26.5. The molecule has 5 heterocycles. The van der Waals surface area contributed by atoms with E-state index in [2.05, 4.69) is 0 Å². The number of aliphatic carboxylic acids is 2. The molecule has 2 atom stereocenters. The second kappa shape index (κ2) is 13.4. The van der Waals surface area contributed by atoms with Gasteiger partial charge in [-0.2, -0.15) is 18.3 Å². The van der Waals surface area contributed by atoms with Gasteiger partial charge in [-0.3, -0.25) is 9.59 Å². The van der Waals surface area contributed by atoms with Crippen LogP contribution in [0.3, 0.4) is 0 Å². The van der Waals surface area contributed by atoms with Crippen LogP contribution in [0.1, 0.15) is 90.2 Å². The summed E-state index contributed by atoms with van der Waals surface area (Å²) in [6, 6.07) is 0. The van der Waals surface area contributed by atoms with E-state index in [1.165, 1.54) is 0 Å². The van der Waals surface area contributed by atoms with E-state index in [-0.39, 0.29) is 48.0 Å². The summed E-state index contributed by atoms with van der Waals surface area (Å²) in [5, 5.41) is 26.6. The Morgan fingerprint density at radius 2 is 1.48 bits per heavy atom. The number of hydrogen-bond donors (Lipinski definition) is 4. The Kier molecular flexibility index (Phi) is 10.4. The normalized spacial score (nSPS) is 21.8. The molecule has 0 saturated carbocycles. The zero-order valence-corrected chi connectivity index (χ0v) is 29.4. The van der Waals surface area contributed by atoms with Gasteiger partial charge in [-0.15, -0.1) is 57.5 Å². The minimum absolute atomic E-state index is 0. The molecule has 0 unspecified atom stereocenters. The molecule has 0 spiro atoms. The maximum Gasteiger partial charge on any atom is 5.00 e. The molecule has 0 fully saturated rings. The second-order valence-corrected chi connectivity index (χ2v) is 13.2. The van der Waals surface area contributed by atoms with Gasteiger partial charge in [-0.25, -0.2) is 0 Å². The molecule has 9 nitrogen and oxygen atoms in total. The first kappa shape index (κ1) is 35.6.